The highest BCUT2D eigenvalue weighted by molar-refractivity contribution is 9.10. The molecule has 7 nitrogen and oxygen atoms in total. The van der Waals surface area contributed by atoms with Crippen molar-refractivity contribution in [2.45, 2.75) is 19.2 Å². The van der Waals surface area contributed by atoms with E-state index >= 15 is 0 Å². The number of nitrogens with one attached hydrogen (secondary N) is 2. The molecule has 0 aliphatic rings. The van der Waals surface area contributed by atoms with Crippen molar-refractivity contribution >= 4 is 50.2 Å². The van der Waals surface area contributed by atoms with Crippen molar-refractivity contribution in [3.63, 3.8) is 0 Å². The van der Waals surface area contributed by atoms with Crippen LogP contribution in [0, 0.1) is 0 Å². The van der Waals surface area contributed by atoms with Gasteiger partial charge >= 0.3 is 6.18 Å². The lowest BCUT2D eigenvalue weighted by atomic mass is 10.2. The maximum Gasteiger partial charge on any atom is 0.416 e. The van der Waals surface area contributed by atoms with E-state index in [-0.39, 0.29) is 12.1 Å². The standard InChI is InChI=1S/C27H22BrF3N4O3S/c1-37-24-11-18(7-10-23(24)38-15-17-5-8-20(28)9-6-17)14-32-35-25(36)13-22-16-39-26(34-22)33-21-4-2-3-19(12-21)27(29,30)31/h2-12,14,16H,13,15H2,1H3,(H,33,34)(H,35,36)/b32-14-. The smallest absolute Gasteiger partial charge is 0.416 e. The van der Waals surface area contributed by atoms with E-state index in [1.165, 1.54) is 36.8 Å². The molecule has 3 aromatic carbocycles. The van der Waals surface area contributed by atoms with Crippen molar-refractivity contribution in [1.29, 1.82) is 0 Å². The van der Waals surface area contributed by atoms with Gasteiger partial charge in [-0.3, -0.25) is 4.79 Å². The number of hydrazone groups is 1. The quantitative estimate of drug-likeness (QED) is 0.148. The Morgan fingerprint density at radius 1 is 1.10 bits per heavy atom. The number of carbonyl (C=O) groups is 1. The zero-order chi connectivity index (χ0) is 27.8. The van der Waals surface area contributed by atoms with E-state index in [1.807, 2.05) is 24.3 Å². The average Bonchev–Trinajstić information content (AvgIpc) is 3.34. The molecule has 1 aromatic heterocycles. The first-order chi connectivity index (χ1) is 18.7. The van der Waals surface area contributed by atoms with Crippen LogP contribution in [-0.4, -0.2) is 24.2 Å². The highest BCUT2D eigenvalue weighted by Crippen LogP contribution is 2.32. The number of methoxy groups -OCH3 is 1. The van der Waals surface area contributed by atoms with Gasteiger partial charge in [0.25, 0.3) is 0 Å². The van der Waals surface area contributed by atoms with Gasteiger partial charge in [0.15, 0.2) is 16.6 Å². The molecule has 0 aliphatic carbocycles. The van der Waals surface area contributed by atoms with Gasteiger partial charge in [-0.15, -0.1) is 11.3 Å². The molecule has 0 aliphatic heterocycles. The summed E-state index contributed by atoms with van der Waals surface area (Å²) < 4.78 is 51.0. The third-order valence-corrected chi connectivity index (χ3v) is 6.57. The summed E-state index contributed by atoms with van der Waals surface area (Å²) in [6.07, 6.45) is -3.02. The maximum absolute atomic E-state index is 12.9. The second-order valence-corrected chi connectivity index (χ2v) is 9.92. The van der Waals surface area contributed by atoms with Crippen molar-refractivity contribution in [3.05, 3.63) is 99.0 Å². The lowest BCUT2D eigenvalue weighted by Gasteiger charge is -2.11. The molecule has 0 atom stereocenters. The fourth-order valence-electron chi connectivity index (χ4n) is 3.35. The van der Waals surface area contributed by atoms with Gasteiger partial charge in [-0.05, 0) is 59.7 Å². The zero-order valence-electron chi connectivity index (χ0n) is 20.5. The normalized spacial score (nSPS) is 11.4. The number of benzene rings is 3. The van der Waals surface area contributed by atoms with Gasteiger partial charge < -0.3 is 14.8 Å². The number of hydrogen-bond acceptors (Lipinski definition) is 7. The van der Waals surface area contributed by atoms with Crippen LogP contribution >= 0.6 is 27.3 Å². The number of ether oxygens (including phenoxy) is 2. The highest BCUT2D eigenvalue weighted by Gasteiger charge is 2.30. The molecule has 0 bridgehead atoms. The van der Waals surface area contributed by atoms with Gasteiger partial charge in [-0.25, -0.2) is 10.4 Å². The van der Waals surface area contributed by atoms with Crippen molar-refractivity contribution in [3.8, 4) is 11.5 Å². The summed E-state index contributed by atoms with van der Waals surface area (Å²) in [6.45, 7) is 0.376. The molecule has 0 fully saturated rings. The Kier molecular flexibility index (Phi) is 9.20. The molecule has 12 heteroatoms. The summed E-state index contributed by atoms with van der Waals surface area (Å²) in [5.41, 5.74) is 4.07. The molecule has 0 saturated heterocycles. The van der Waals surface area contributed by atoms with E-state index in [9.17, 15) is 18.0 Å². The summed E-state index contributed by atoms with van der Waals surface area (Å²) in [7, 11) is 1.54. The molecule has 1 amide bonds. The van der Waals surface area contributed by atoms with Crippen LogP contribution < -0.4 is 20.2 Å². The van der Waals surface area contributed by atoms with Crippen LogP contribution in [0.3, 0.4) is 0 Å². The number of thiazole rings is 1. The summed E-state index contributed by atoms with van der Waals surface area (Å²) in [4.78, 5) is 16.6. The first kappa shape index (κ1) is 28.1. The van der Waals surface area contributed by atoms with E-state index < -0.39 is 17.6 Å². The summed E-state index contributed by atoms with van der Waals surface area (Å²) in [6, 6.07) is 17.9. The van der Waals surface area contributed by atoms with Gasteiger partial charge in [0, 0.05) is 15.5 Å². The van der Waals surface area contributed by atoms with Crippen molar-refractivity contribution < 1.29 is 27.4 Å². The van der Waals surface area contributed by atoms with Crippen LogP contribution in [0.4, 0.5) is 24.0 Å². The van der Waals surface area contributed by atoms with E-state index in [2.05, 4.69) is 36.8 Å². The van der Waals surface area contributed by atoms with Gasteiger partial charge in [-0.1, -0.05) is 34.1 Å². The van der Waals surface area contributed by atoms with Crippen molar-refractivity contribution in [1.82, 2.24) is 10.4 Å². The average molecular weight is 619 g/mol. The first-order valence-corrected chi connectivity index (χ1v) is 13.1. The Bertz CT molecular complexity index is 1460. The number of carbonyl (C=O) groups excluding carboxylic acids is 1. The minimum atomic E-state index is -4.44. The monoisotopic (exact) mass is 618 g/mol. The fraction of sp³-hybridized carbons (Fsp3) is 0.148. The number of rotatable bonds is 10. The Labute approximate surface area is 234 Å². The lowest BCUT2D eigenvalue weighted by molar-refractivity contribution is -0.137. The molecule has 0 radical (unpaired) electrons. The Balaban J connectivity index is 1.29. The summed E-state index contributed by atoms with van der Waals surface area (Å²) in [5.74, 6) is 0.689. The second-order valence-electron chi connectivity index (χ2n) is 8.14. The number of nitrogens with zero attached hydrogens (tertiary/aromatic N) is 2. The topological polar surface area (TPSA) is 84.8 Å². The number of alkyl halides is 3. The predicted octanol–water partition coefficient (Wildman–Crippen LogP) is 6.95. The molecule has 0 unspecified atom stereocenters. The summed E-state index contributed by atoms with van der Waals surface area (Å²) in [5, 5.41) is 8.83. The van der Waals surface area contributed by atoms with Crippen molar-refractivity contribution in [2.75, 3.05) is 12.4 Å². The molecule has 39 heavy (non-hydrogen) atoms. The van der Waals surface area contributed by atoms with E-state index in [4.69, 9.17) is 9.47 Å². The van der Waals surface area contributed by atoms with Gasteiger partial charge in [0.1, 0.15) is 6.61 Å². The van der Waals surface area contributed by atoms with Gasteiger partial charge in [0.2, 0.25) is 5.91 Å². The van der Waals surface area contributed by atoms with Crippen LogP contribution in [0.5, 0.6) is 11.5 Å². The molecule has 0 saturated carbocycles. The van der Waals surface area contributed by atoms with E-state index in [1.54, 1.807) is 23.6 Å². The molecule has 4 aromatic rings. The molecule has 2 N–H and O–H groups in total. The van der Waals surface area contributed by atoms with Crippen molar-refractivity contribution in [2.24, 2.45) is 5.10 Å². The lowest BCUT2D eigenvalue weighted by Crippen LogP contribution is -2.19. The van der Waals surface area contributed by atoms with Crippen LogP contribution in [0.2, 0.25) is 0 Å². The maximum atomic E-state index is 12.9. The second kappa shape index (κ2) is 12.8. The molecular weight excluding hydrogens is 597 g/mol. The van der Waals surface area contributed by atoms with Crippen LogP contribution in [-0.2, 0) is 24.0 Å². The van der Waals surface area contributed by atoms with E-state index in [0.29, 0.717) is 34.5 Å². The van der Waals surface area contributed by atoms with Gasteiger partial charge in [0.05, 0.1) is 31.0 Å². The summed E-state index contributed by atoms with van der Waals surface area (Å²) >= 11 is 4.58. The third kappa shape index (κ3) is 8.29. The molecule has 1 heterocycles. The minimum absolute atomic E-state index is 0.0513. The molecule has 0 spiro atoms. The number of halogens is 4. The molecular formula is C27H22BrF3N4O3S. The fourth-order valence-corrected chi connectivity index (χ4v) is 4.35. The largest absolute Gasteiger partial charge is 0.493 e. The van der Waals surface area contributed by atoms with Gasteiger partial charge in [-0.2, -0.15) is 18.3 Å². The molecule has 4 rings (SSSR count). The predicted molar refractivity (Wildman–Crippen MR) is 148 cm³/mol. The number of anilines is 2. The Morgan fingerprint density at radius 3 is 2.64 bits per heavy atom. The zero-order valence-corrected chi connectivity index (χ0v) is 22.9. The number of amides is 1. The van der Waals surface area contributed by atoms with Crippen LogP contribution in [0.25, 0.3) is 0 Å². The number of hydrogen-bond donors (Lipinski definition) is 2. The Hall–Kier alpha value is -3.90. The van der Waals surface area contributed by atoms with E-state index in [0.717, 1.165) is 22.2 Å². The third-order valence-electron chi connectivity index (χ3n) is 5.23. The number of aromatic nitrogens is 1. The minimum Gasteiger partial charge on any atom is -0.493 e. The first-order valence-electron chi connectivity index (χ1n) is 11.5. The van der Waals surface area contributed by atoms with Crippen LogP contribution in [0.15, 0.2) is 81.7 Å². The molecule has 202 valence electrons. The Morgan fingerprint density at radius 2 is 1.90 bits per heavy atom. The highest BCUT2D eigenvalue weighted by atomic mass is 79.9. The van der Waals surface area contributed by atoms with Crippen LogP contribution in [0.1, 0.15) is 22.4 Å². The SMILES string of the molecule is COc1cc(/C=N\NC(=O)Cc2csc(Nc3cccc(C(F)(F)F)c3)n2)ccc1OCc1ccc(Br)cc1.